The molecule has 5 nitrogen and oxygen atoms in total. The molecule has 0 aromatic carbocycles. The summed E-state index contributed by atoms with van der Waals surface area (Å²) in [5.74, 6) is 1.32. The summed E-state index contributed by atoms with van der Waals surface area (Å²) in [7, 11) is 1.63. The number of nitrogens with zero attached hydrogens (tertiary/aromatic N) is 2. The van der Waals surface area contributed by atoms with E-state index in [-0.39, 0.29) is 11.8 Å². The fraction of sp³-hybridized carbons (Fsp3) is 0.733. The molecule has 2 N–H and O–H groups in total. The van der Waals surface area contributed by atoms with Crippen LogP contribution in [0.25, 0.3) is 0 Å². The lowest BCUT2D eigenvalue weighted by atomic mass is 9.44. The molecule has 20 heavy (non-hydrogen) atoms. The third-order valence-corrected chi connectivity index (χ3v) is 5.86. The quantitative estimate of drug-likeness (QED) is 0.865. The minimum Gasteiger partial charge on any atom is -0.493 e. The number of nitrogens with one attached hydrogen (secondary N) is 1. The average molecular weight is 275 g/mol. The second-order valence-corrected chi connectivity index (χ2v) is 6.98. The van der Waals surface area contributed by atoms with Crippen LogP contribution in [0.4, 0.5) is 0 Å². The van der Waals surface area contributed by atoms with Gasteiger partial charge in [-0.1, -0.05) is 12.8 Å². The van der Waals surface area contributed by atoms with Crippen LogP contribution in [0, 0.1) is 17.3 Å². The van der Waals surface area contributed by atoms with Gasteiger partial charge in [-0.2, -0.15) is 5.10 Å². The summed E-state index contributed by atoms with van der Waals surface area (Å²) in [4.78, 5) is 12.3. The van der Waals surface area contributed by atoms with E-state index < -0.39 is 0 Å². The van der Waals surface area contributed by atoms with Crippen molar-refractivity contribution in [1.29, 1.82) is 0 Å². The Morgan fingerprint density at radius 3 is 3.15 bits per heavy atom. The minimum absolute atomic E-state index is 0.0500. The first-order valence-electron chi connectivity index (χ1n) is 7.61. The summed E-state index contributed by atoms with van der Waals surface area (Å²) in [6.07, 6.45) is 9.22. The largest absolute Gasteiger partial charge is 0.493 e. The Morgan fingerprint density at radius 2 is 2.40 bits per heavy atom. The first kappa shape index (κ1) is 12.2. The van der Waals surface area contributed by atoms with E-state index in [1.165, 1.54) is 49.4 Å². The summed E-state index contributed by atoms with van der Waals surface area (Å²) >= 11 is 0. The van der Waals surface area contributed by atoms with Gasteiger partial charge in [0.2, 0.25) is 5.88 Å². The van der Waals surface area contributed by atoms with E-state index in [1.807, 2.05) is 0 Å². The zero-order chi connectivity index (χ0) is 13.9. The number of carbonyl (C=O) groups excluding carboxylic acids is 1. The monoisotopic (exact) mass is 275 g/mol. The van der Waals surface area contributed by atoms with Crippen LogP contribution in [0.2, 0.25) is 0 Å². The maximum absolute atomic E-state index is 12.3. The number of hydrogen-bond donors (Lipinski definition) is 2. The van der Waals surface area contributed by atoms with Crippen LogP contribution in [0.15, 0.2) is 6.20 Å². The predicted octanol–water partition coefficient (Wildman–Crippen LogP) is 1.82. The third kappa shape index (κ3) is 1.55. The van der Waals surface area contributed by atoms with E-state index in [9.17, 15) is 9.90 Å². The molecule has 3 bridgehead atoms. The van der Waals surface area contributed by atoms with Crippen molar-refractivity contribution in [3.8, 4) is 5.88 Å². The van der Waals surface area contributed by atoms with Gasteiger partial charge in [0.25, 0.3) is 5.91 Å². The van der Waals surface area contributed by atoms with E-state index in [1.54, 1.807) is 7.05 Å². The highest BCUT2D eigenvalue weighted by Gasteiger charge is 2.59. The predicted molar refractivity (Wildman–Crippen MR) is 73.2 cm³/mol. The van der Waals surface area contributed by atoms with Crippen molar-refractivity contribution in [3.63, 3.8) is 0 Å². The van der Waals surface area contributed by atoms with Crippen molar-refractivity contribution in [1.82, 2.24) is 15.1 Å². The third-order valence-electron chi connectivity index (χ3n) is 5.86. The van der Waals surface area contributed by atoms with E-state index in [0.29, 0.717) is 22.9 Å². The summed E-state index contributed by atoms with van der Waals surface area (Å²) in [5.41, 5.74) is 0.653. The van der Waals surface area contributed by atoms with Crippen molar-refractivity contribution in [3.05, 3.63) is 11.8 Å². The SMILES string of the molecule is Cn1ncc(C(=O)NC2C3CC4CCCC2(C4)C3)c1O. The van der Waals surface area contributed by atoms with E-state index in [4.69, 9.17) is 0 Å². The zero-order valence-corrected chi connectivity index (χ0v) is 11.8. The molecule has 5 rings (SSSR count). The molecule has 5 heteroatoms. The normalized spacial score (nSPS) is 38.1. The van der Waals surface area contributed by atoms with Crippen molar-refractivity contribution in [2.24, 2.45) is 24.3 Å². The molecule has 4 aliphatic carbocycles. The molecule has 4 aliphatic rings. The molecule has 1 aromatic rings. The highest BCUT2D eigenvalue weighted by molar-refractivity contribution is 5.96. The first-order chi connectivity index (χ1) is 9.59. The van der Waals surface area contributed by atoms with Crippen LogP contribution in [-0.4, -0.2) is 26.8 Å². The van der Waals surface area contributed by atoms with E-state index in [0.717, 1.165) is 5.92 Å². The van der Waals surface area contributed by atoms with Crippen LogP contribution >= 0.6 is 0 Å². The van der Waals surface area contributed by atoms with Gasteiger partial charge in [0.05, 0.1) is 6.20 Å². The van der Waals surface area contributed by atoms with Crippen LogP contribution in [-0.2, 0) is 7.05 Å². The molecule has 1 spiro atoms. The highest BCUT2D eigenvalue weighted by Crippen LogP contribution is 2.63. The Labute approximate surface area is 118 Å². The van der Waals surface area contributed by atoms with Crippen molar-refractivity contribution in [2.45, 2.75) is 44.6 Å². The zero-order valence-electron chi connectivity index (χ0n) is 11.8. The fourth-order valence-corrected chi connectivity index (χ4v) is 5.03. The molecule has 0 aliphatic heterocycles. The Bertz CT molecular complexity index is 561. The van der Waals surface area contributed by atoms with Gasteiger partial charge in [0.15, 0.2) is 0 Å². The molecule has 4 unspecified atom stereocenters. The number of aromatic nitrogens is 2. The van der Waals surface area contributed by atoms with Gasteiger partial charge in [-0.3, -0.25) is 4.79 Å². The standard InChI is InChI=1S/C15H21N3O2/c1-18-14(20)11(8-16-18)13(19)17-12-10-5-9-3-2-4-15(12,6-9)7-10/h8-10,12,20H,2-7H2,1H3,(H,17,19). The number of carbonyl (C=O) groups is 1. The smallest absolute Gasteiger partial charge is 0.258 e. The fourth-order valence-electron chi connectivity index (χ4n) is 5.03. The summed E-state index contributed by atoms with van der Waals surface area (Å²) < 4.78 is 1.32. The second kappa shape index (κ2) is 3.99. The lowest BCUT2D eigenvalue weighted by molar-refractivity contribution is -0.108. The summed E-state index contributed by atoms with van der Waals surface area (Å²) in [6.45, 7) is 0. The molecule has 0 radical (unpaired) electrons. The number of hydrogen-bond acceptors (Lipinski definition) is 3. The number of aromatic hydroxyl groups is 1. The Balaban J connectivity index is 1.53. The minimum atomic E-state index is -0.173. The van der Waals surface area contributed by atoms with Crippen LogP contribution < -0.4 is 5.32 Å². The van der Waals surface area contributed by atoms with Gasteiger partial charge in [-0.05, 0) is 42.9 Å². The topological polar surface area (TPSA) is 67.2 Å². The van der Waals surface area contributed by atoms with E-state index >= 15 is 0 Å². The number of aryl methyl sites for hydroxylation is 1. The second-order valence-electron chi connectivity index (χ2n) is 6.98. The van der Waals surface area contributed by atoms with Crippen LogP contribution in [0.3, 0.4) is 0 Å². The van der Waals surface area contributed by atoms with Crippen molar-refractivity contribution < 1.29 is 9.90 Å². The van der Waals surface area contributed by atoms with Gasteiger partial charge in [-0.25, -0.2) is 4.68 Å². The molecule has 4 fully saturated rings. The first-order valence-corrected chi connectivity index (χ1v) is 7.61. The number of amides is 1. The molecular formula is C15H21N3O2. The van der Waals surface area contributed by atoms with Gasteiger partial charge < -0.3 is 10.4 Å². The molecular weight excluding hydrogens is 254 g/mol. The molecule has 4 saturated carbocycles. The Kier molecular flexibility index (Phi) is 2.44. The Hall–Kier alpha value is -1.52. The van der Waals surface area contributed by atoms with Crippen LogP contribution in [0.5, 0.6) is 5.88 Å². The van der Waals surface area contributed by atoms with Crippen LogP contribution in [0.1, 0.15) is 48.9 Å². The lowest BCUT2D eigenvalue weighted by Gasteiger charge is -2.64. The molecule has 1 amide bonds. The molecule has 0 saturated heterocycles. The molecule has 108 valence electrons. The molecule has 1 aromatic heterocycles. The number of rotatable bonds is 2. The van der Waals surface area contributed by atoms with E-state index in [2.05, 4.69) is 10.4 Å². The molecule has 1 heterocycles. The summed E-state index contributed by atoms with van der Waals surface area (Å²) in [5, 5.41) is 16.9. The van der Waals surface area contributed by atoms with Gasteiger partial charge in [-0.15, -0.1) is 0 Å². The lowest BCUT2D eigenvalue weighted by Crippen LogP contribution is -2.66. The Morgan fingerprint density at radius 1 is 1.55 bits per heavy atom. The highest BCUT2D eigenvalue weighted by atomic mass is 16.3. The molecule has 4 atom stereocenters. The van der Waals surface area contributed by atoms with Gasteiger partial charge >= 0.3 is 0 Å². The van der Waals surface area contributed by atoms with Crippen molar-refractivity contribution >= 4 is 5.91 Å². The average Bonchev–Trinajstić information content (AvgIpc) is 2.76. The maximum Gasteiger partial charge on any atom is 0.258 e. The van der Waals surface area contributed by atoms with Crippen molar-refractivity contribution in [2.75, 3.05) is 0 Å². The maximum atomic E-state index is 12.3. The van der Waals surface area contributed by atoms with Gasteiger partial charge in [0.1, 0.15) is 5.56 Å². The summed E-state index contributed by atoms with van der Waals surface area (Å²) in [6, 6.07) is 0.311. The van der Waals surface area contributed by atoms with Gasteiger partial charge in [0, 0.05) is 13.1 Å².